The maximum absolute atomic E-state index is 5.98. The van der Waals surface area contributed by atoms with Gasteiger partial charge in [0.25, 0.3) is 0 Å². The van der Waals surface area contributed by atoms with Gasteiger partial charge >= 0.3 is 0 Å². The average Bonchev–Trinajstić information content (AvgIpc) is 2.26. The molecule has 0 aliphatic heterocycles. The van der Waals surface area contributed by atoms with E-state index in [4.69, 9.17) is 5.73 Å². The lowest BCUT2D eigenvalue weighted by Gasteiger charge is -2.31. The van der Waals surface area contributed by atoms with Gasteiger partial charge in [-0.15, -0.1) is 0 Å². The van der Waals surface area contributed by atoms with Gasteiger partial charge in [0, 0.05) is 24.8 Å². The van der Waals surface area contributed by atoms with Crippen molar-refractivity contribution < 1.29 is 0 Å². The zero-order valence-electron chi connectivity index (χ0n) is 13.4. The van der Waals surface area contributed by atoms with Gasteiger partial charge < -0.3 is 10.6 Å². The van der Waals surface area contributed by atoms with Gasteiger partial charge in [-0.05, 0) is 51.2 Å². The summed E-state index contributed by atoms with van der Waals surface area (Å²) in [6, 6.07) is 7.46. The first kappa shape index (κ1) is 16.0. The minimum Gasteiger partial charge on any atom is -0.372 e. The number of aryl methyl sites for hydroxylation is 1. The lowest BCUT2D eigenvalue weighted by atomic mass is 9.99. The van der Waals surface area contributed by atoms with Crippen molar-refractivity contribution in [2.75, 3.05) is 11.9 Å². The second-order valence-corrected chi connectivity index (χ2v) is 6.40. The molecule has 0 aliphatic rings. The quantitative estimate of drug-likeness (QED) is 0.846. The summed E-state index contributed by atoms with van der Waals surface area (Å²) in [4.78, 5) is 2.40. The Balaban J connectivity index is 2.97. The molecule has 2 nitrogen and oxygen atoms in total. The first-order valence-corrected chi connectivity index (χ1v) is 7.39. The zero-order valence-corrected chi connectivity index (χ0v) is 13.4. The predicted molar refractivity (Wildman–Crippen MR) is 85.9 cm³/mol. The molecular weight excluding hydrogens is 232 g/mol. The Hall–Kier alpha value is -1.02. The van der Waals surface area contributed by atoms with Crippen LogP contribution in [0, 0.1) is 12.8 Å². The van der Waals surface area contributed by atoms with Gasteiger partial charge in [-0.3, -0.25) is 0 Å². The molecule has 1 aromatic rings. The zero-order chi connectivity index (χ0) is 14.6. The van der Waals surface area contributed by atoms with Crippen molar-refractivity contribution in [1.29, 1.82) is 0 Å². The van der Waals surface area contributed by atoms with Crippen molar-refractivity contribution in [3.05, 3.63) is 29.3 Å². The van der Waals surface area contributed by atoms with Crippen molar-refractivity contribution in [3.8, 4) is 0 Å². The minimum atomic E-state index is 0.203. The van der Waals surface area contributed by atoms with E-state index in [0.29, 0.717) is 6.04 Å². The van der Waals surface area contributed by atoms with Crippen molar-refractivity contribution >= 4 is 5.69 Å². The molecule has 108 valence electrons. The smallest absolute Gasteiger partial charge is 0.0399 e. The van der Waals surface area contributed by atoms with Crippen LogP contribution in [0.25, 0.3) is 0 Å². The predicted octanol–water partition coefficient (Wildman–Crippen LogP) is 3.76. The topological polar surface area (TPSA) is 29.3 Å². The fourth-order valence-electron chi connectivity index (χ4n) is 2.65. The van der Waals surface area contributed by atoms with Crippen LogP contribution in [0.15, 0.2) is 18.2 Å². The molecule has 0 fully saturated rings. The molecule has 0 amide bonds. The van der Waals surface area contributed by atoms with Gasteiger partial charge in [0.05, 0.1) is 0 Å². The van der Waals surface area contributed by atoms with Gasteiger partial charge in [-0.2, -0.15) is 0 Å². The van der Waals surface area contributed by atoms with Crippen LogP contribution >= 0.6 is 0 Å². The molecule has 2 unspecified atom stereocenters. The maximum Gasteiger partial charge on any atom is 0.0399 e. The summed E-state index contributed by atoms with van der Waals surface area (Å²) in [5.74, 6) is 0.722. The highest BCUT2D eigenvalue weighted by Crippen LogP contribution is 2.25. The Labute approximate surface area is 119 Å². The summed E-state index contributed by atoms with van der Waals surface area (Å²) in [6.45, 7) is 11.1. The van der Waals surface area contributed by atoms with Crippen LogP contribution in [0.3, 0.4) is 0 Å². The number of hydrogen-bond acceptors (Lipinski definition) is 2. The molecule has 0 aliphatic carbocycles. The second-order valence-electron chi connectivity index (χ2n) is 6.40. The number of rotatable bonds is 6. The Morgan fingerprint density at radius 2 is 1.79 bits per heavy atom. The monoisotopic (exact) mass is 262 g/mol. The summed E-state index contributed by atoms with van der Waals surface area (Å²) in [5.41, 5.74) is 9.99. The highest BCUT2D eigenvalue weighted by molar-refractivity contribution is 5.55. The molecule has 2 N–H and O–H groups in total. The van der Waals surface area contributed by atoms with E-state index in [-0.39, 0.29) is 6.04 Å². The standard InChI is InChI=1S/C17H30N2/c1-12(2)9-15(5)19(6)17-8-7-13(3)10-16(17)11-14(4)18/h7-8,10,12,14-15H,9,11,18H2,1-6H3. The van der Waals surface area contributed by atoms with Gasteiger partial charge in [0.1, 0.15) is 0 Å². The number of nitrogens with two attached hydrogens (primary N) is 1. The van der Waals surface area contributed by atoms with E-state index in [1.165, 1.54) is 23.2 Å². The molecule has 0 spiro atoms. The average molecular weight is 262 g/mol. The third-order valence-corrected chi connectivity index (χ3v) is 3.63. The molecule has 0 saturated heterocycles. The van der Waals surface area contributed by atoms with Crippen molar-refractivity contribution in [2.24, 2.45) is 11.7 Å². The van der Waals surface area contributed by atoms with Crippen LogP contribution in [0.4, 0.5) is 5.69 Å². The van der Waals surface area contributed by atoms with Crippen LogP contribution in [0.1, 0.15) is 45.2 Å². The van der Waals surface area contributed by atoms with Crippen LogP contribution < -0.4 is 10.6 Å². The number of anilines is 1. The Kier molecular flexibility index (Phi) is 5.86. The SMILES string of the molecule is Cc1ccc(N(C)C(C)CC(C)C)c(CC(C)N)c1. The van der Waals surface area contributed by atoms with Crippen molar-refractivity contribution in [2.45, 2.75) is 59.5 Å². The van der Waals surface area contributed by atoms with Gasteiger partial charge in [0.2, 0.25) is 0 Å². The van der Waals surface area contributed by atoms with E-state index in [1.54, 1.807) is 0 Å². The summed E-state index contributed by atoms with van der Waals surface area (Å²) < 4.78 is 0. The van der Waals surface area contributed by atoms with Crippen molar-refractivity contribution in [1.82, 2.24) is 0 Å². The summed E-state index contributed by atoms with van der Waals surface area (Å²) in [7, 11) is 2.20. The van der Waals surface area contributed by atoms with Crippen LogP contribution in [-0.2, 0) is 6.42 Å². The van der Waals surface area contributed by atoms with E-state index in [2.05, 4.69) is 64.8 Å². The van der Waals surface area contributed by atoms with E-state index >= 15 is 0 Å². The Bertz CT molecular complexity index is 396. The Morgan fingerprint density at radius 1 is 1.16 bits per heavy atom. The molecule has 0 saturated carbocycles. The first-order valence-electron chi connectivity index (χ1n) is 7.39. The third-order valence-electron chi connectivity index (χ3n) is 3.63. The molecule has 1 aromatic carbocycles. The summed E-state index contributed by atoms with van der Waals surface area (Å²) in [5, 5.41) is 0. The van der Waals surface area contributed by atoms with Crippen LogP contribution in [0.5, 0.6) is 0 Å². The number of nitrogens with zero attached hydrogens (tertiary/aromatic N) is 1. The first-order chi connectivity index (χ1) is 8.81. The molecule has 19 heavy (non-hydrogen) atoms. The maximum atomic E-state index is 5.98. The number of hydrogen-bond donors (Lipinski definition) is 1. The van der Waals surface area contributed by atoms with Crippen molar-refractivity contribution in [3.63, 3.8) is 0 Å². The largest absolute Gasteiger partial charge is 0.372 e. The van der Waals surface area contributed by atoms with Gasteiger partial charge in [-0.1, -0.05) is 31.5 Å². The molecule has 0 bridgehead atoms. The summed E-state index contributed by atoms with van der Waals surface area (Å²) in [6.07, 6.45) is 2.15. The molecule has 0 aromatic heterocycles. The molecule has 0 heterocycles. The number of benzene rings is 1. The normalized spacial score (nSPS) is 14.5. The summed E-state index contributed by atoms with van der Waals surface area (Å²) >= 11 is 0. The fraction of sp³-hybridized carbons (Fsp3) is 0.647. The van der Waals surface area contributed by atoms with E-state index in [9.17, 15) is 0 Å². The van der Waals surface area contributed by atoms with Gasteiger partial charge in [0.15, 0.2) is 0 Å². The highest BCUT2D eigenvalue weighted by Gasteiger charge is 2.15. The van der Waals surface area contributed by atoms with Gasteiger partial charge in [-0.25, -0.2) is 0 Å². The third kappa shape index (κ3) is 4.87. The lowest BCUT2D eigenvalue weighted by molar-refractivity contribution is 0.503. The van der Waals surface area contributed by atoms with Crippen LogP contribution in [0.2, 0.25) is 0 Å². The van der Waals surface area contributed by atoms with E-state index < -0.39 is 0 Å². The van der Waals surface area contributed by atoms with E-state index in [1.807, 2.05) is 0 Å². The fourth-order valence-corrected chi connectivity index (χ4v) is 2.65. The molecule has 2 heteroatoms. The minimum absolute atomic E-state index is 0.203. The molecule has 0 radical (unpaired) electrons. The lowest BCUT2D eigenvalue weighted by Crippen LogP contribution is -2.31. The molecule has 2 atom stereocenters. The molecular formula is C17H30N2. The van der Waals surface area contributed by atoms with Crippen LogP contribution in [-0.4, -0.2) is 19.1 Å². The molecule has 1 rings (SSSR count). The van der Waals surface area contributed by atoms with E-state index in [0.717, 1.165) is 12.3 Å². The highest BCUT2D eigenvalue weighted by atomic mass is 15.1. The second kappa shape index (κ2) is 6.95. The Morgan fingerprint density at radius 3 is 2.32 bits per heavy atom.